The zero-order valence-corrected chi connectivity index (χ0v) is 11.4. The number of rotatable bonds is 3. The predicted octanol–water partition coefficient (Wildman–Crippen LogP) is 3.85. The molecule has 0 saturated heterocycles. The summed E-state index contributed by atoms with van der Waals surface area (Å²) < 4.78 is 0. The van der Waals surface area contributed by atoms with Crippen LogP contribution in [0.15, 0.2) is 54.6 Å². The summed E-state index contributed by atoms with van der Waals surface area (Å²) in [7, 11) is 1.66. The van der Waals surface area contributed by atoms with Gasteiger partial charge in [-0.05, 0) is 18.2 Å². The van der Waals surface area contributed by atoms with Crippen molar-refractivity contribution in [1.82, 2.24) is 4.98 Å². The molecule has 1 heterocycles. The lowest BCUT2D eigenvalue weighted by molar-refractivity contribution is -0.383. The van der Waals surface area contributed by atoms with Gasteiger partial charge in [-0.3, -0.25) is 10.1 Å². The van der Waals surface area contributed by atoms with Crippen LogP contribution in [0.25, 0.3) is 22.2 Å². The van der Waals surface area contributed by atoms with Crippen molar-refractivity contribution in [3.8, 4) is 11.3 Å². The van der Waals surface area contributed by atoms with E-state index in [4.69, 9.17) is 0 Å². The van der Waals surface area contributed by atoms with Crippen LogP contribution in [-0.4, -0.2) is 17.0 Å². The van der Waals surface area contributed by atoms with Crippen LogP contribution in [0.3, 0.4) is 0 Å². The average Bonchev–Trinajstić information content (AvgIpc) is 2.53. The van der Waals surface area contributed by atoms with E-state index < -0.39 is 4.92 Å². The first-order valence-corrected chi connectivity index (χ1v) is 6.51. The van der Waals surface area contributed by atoms with Gasteiger partial charge in [0.25, 0.3) is 5.69 Å². The summed E-state index contributed by atoms with van der Waals surface area (Å²) in [6, 6.07) is 16.7. The molecule has 5 heteroatoms. The fourth-order valence-electron chi connectivity index (χ4n) is 2.28. The van der Waals surface area contributed by atoms with Crippen molar-refractivity contribution in [2.45, 2.75) is 0 Å². The lowest BCUT2D eigenvalue weighted by Gasteiger charge is -2.06. The maximum absolute atomic E-state index is 11.1. The fraction of sp³-hybridized carbons (Fsp3) is 0.0625. The summed E-state index contributed by atoms with van der Waals surface area (Å²) in [6.07, 6.45) is 0. The second-order valence-corrected chi connectivity index (χ2v) is 4.63. The molecule has 0 aliphatic rings. The summed E-state index contributed by atoms with van der Waals surface area (Å²) >= 11 is 0. The number of nitrogens with zero attached hydrogens (tertiary/aromatic N) is 2. The molecule has 3 rings (SSSR count). The topological polar surface area (TPSA) is 68.1 Å². The van der Waals surface area contributed by atoms with Gasteiger partial charge in [-0.25, -0.2) is 4.98 Å². The third-order valence-corrected chi connectivity index (χ3v) is 3.36. The number of pyridine rings is 1. The third-order valence-electron chi connectivity index (χ3n) is 3.36. The molecule has 1 N–H and O–H groups in total. The Kier molecular flexibility index (Phi) is 3.23. The number of fused-ring (bicyclic) bond motifs is 1. The molecule has 2 aromatic carbocycles. The number of para-hydroxylation sites is 1. The van der Waals surface area contributed by atoms with Gasteiger partial charge in [-0.1, -0.05) is 30.3 Å². The Hall–Kier alpha value is -2.95. The monoisotopic (exact) mass is 279 g/mol. The molecule has 0 saturated carbocycles. The van der Waals surface area contributed by atoms with Crippen LogP contribution in [0.4, 0.5) is 11.4 Å². The van der Waals surface area contributed by atoms with Crippen LogP contribution in [-0.2, 0) is 0 Å². The average molecular weight is 279 g/mol. The predicted molar refractivity (Wildman–Crippen MR) is 83.4 cm³/mol. The molecule has 3 aromatic rings. The zero-order valence-electron chi connectivity index (χ0n) is 11.4. The minimum absolute atomic E-state index is 0.0463. The van der Waals surface area contributed by atoms with Crippen molar-refractivity contribution in [3.63, 3.8) is 0 Å². The number of anilines is 1. The summed E-state index contributed by atoms with van der Waals surface area (Å²) in [5, 5.41) is 15.0. The molecular weight excluding hydrogens is 266 g/mol. The van der Waals surface area contributed by atoms with Gasteiger partial charge in [0.05, 0.1) is 16.1 Å². The van der Waals surface area contributed by atoms with Gasteiger partial charge in [0, 0.05) is 24.1 Å². The molecule has 0 bridgehead atoms. The Bertz CT molecular complexity index is 831. The number of benzene rings is 2. The molecule has 0 fully saturated rings. The lowest BCUT2D eigenvalue weighted by atomic mass is 10.1. The van der Waals surface area contributed by atoms with Gasteiger partial charge in [-0.15, -0.1) is 0 Å². The van der Waals surface area contributed by atoms with E-state index in [1.54, 1.807) is 19.2 Å². The second kappa shape index (κ2) is 5.20. The number of hydrogen-bond acceptors (Lipinski definition) is 4. The molecule has 0 aliphatic heterocycles. The van der Waals surface area contributed by atoms with Crippen LogP contribution in [0.2, 0.25) is 0 Å². The standard InChI is InChI=1S/C16H13N3O2/c1-17-15-9-7-12(10-16(15)19(20)21)14-8-6-11-4-2-3-5-13(11)18-14/h2-10,17H,1H3. The highest BCUT2D eigenvalue weighted by atomic mass is 16.6. The molecule has 0 aliphatic carbocycles. The highest BCUT2D eigenvalue weighted by Gasteiger charge is 2.14. The summed E-state index contributed by atoms with van der Waals surface area (Å²) in [5.74, 6) is 0. The number of aromatic nitrogens is 1. The minimum atomic E-state index is -0.392. The van der Waals surface area contributed by atoms with E-state index in [1.165, 1.54) is 0 Å². The van der Waals surface area contributed by atoms with E-state index in [1.807, 2.05) is 42.5 Å². The van der Waals surface area contributed by atoms with E-state index in [2.05, 4.69) is 10.3 Å². The van der Waals surface area contributed by atoms with Gasteiger partial charge in [0.2, 0.25) is 0 Å². The van der Waals surface area contributed by atoms with Crippen LogP contribution in [0, 0.1) is 10.1 Å². The van der Waals surface area contributed by atoms with Crippen molar-refractivity contribution in [1.29, 1.82) is 0 Å². The van der Waals surface area contributed by atoms with E-state index >= 15 is 0 Å². The number of nitro groups is 1. The molecule has 0 spiro atoms. The SMILES string of the molecule is CNc1ccc(-c2ccc3ccccc3n2)cc1[N+](=O)[O-]. The van der Waals surface area contributed by atoms with E-state index in [0.717, 1.165) is 22.2 Å². The molecule has 1 aromatic heterocycles. The van der Waals surface area contributed by atoms with Crippen molar-refractivity contribution in [2.24, 2.45) is 0 Å². The molecule has 104 valence electrons. The van der Waals surface area contributed by atoms with Crippen LogP contribution in [0.1, 0.15) is 0 Å². The van der Waals surface area contributed by atoms with Gasteiger partial charge >= 0.3 is 0 Å². The fourth-order valence-corrected chi connectivity index (χ4v) is 2.28. The normalized spacial score (nSPS) is 10.5. The molecule has 0 unspecified atom stereocenters. The molecule has 5 nitrogen and oxygen atoms in total. The van der Waals surface area contributed by atoms with Crippen molar-refractivity contribution in [2.75, 3.05) is 12.4 Å². The first-order valence-electron chi connectivity index (χ1n) is 6.51. The summed E-state index contributed by atoms with van der Waals surface area (Å²) in [4.78, 5) is 15.3. The van der Waals surface area contributed by atoms with Crippen molar-refractivity contribution in [3.05, 3.63) is 64.7 Å². The van der Waals surface area contributed by atoms with Crippen LogP contribution >= 0.6 is 0 Å². The number of nitro benzene ring substituents is 1. The Balaban J connectivity index is 2.13. The number of hydrogen-bond donors (Lipinski definition) is 1. The summed E-state index contributed by atoms with van der Waals surface area (Å²) in [6.45, 7) is 0. The van der Waals surface area contributed by atoms with Gasteiger partial charge in [0.15, 0.2) is 0 Å². The Morgan fingerprint density at radius 3 is 2.67 bits per heavy atom. The summed E-state index contributed by atoms with van der Waals surface area (Å²) in [5.41, 5.74) is 2.86. The maximum atomic E-state index is 11.1. The van der Waals surface area contributed by atoms with Crippen LogP contribution < -0.4 is 5.32 Å². The maximum Gasteiger partial charge on any atom is 0.292 e. The highest BCUT2D eigenvalue weighted by molar-refractivity contribution is 5.82. The van der Waals surface area contributed by atoms with Gasteiger partial charge in [-0.2, -0.15) is 0 Å². The highest BCUT2D eigenvalue weighted by Crippen LogP contribution is 2.30. The smallest absolute Gasteiger partial charge is 0.292 e. The molecule has 0 atom stereocenters. The van der Waals surface area contributed by atoms with E-state index in [0.29, 0.717) is 5.69 Å². The Labute approximate surface area is 121 Å². The molecule has 0 radical (unpaired) electrons. The van der Waals surface area contributed by atoms with E-state index in [9.17, 15) is 10.1 Å². The zero-order chi connectivity index (χ0) is 14.8. The quantitative estimate of drug-likeness (QED) is 0.584. The molecular formula is C16H13N3O2. The third kappa shape index (κ3) is 2.41. The second-order valence-electron chi connectivity index (χ2n) is 4.63. The van der Waals surface area contributed by atoms with Gasteiger partial charge < -0.3 is 5.32 Å². The first-order chi connectivity index (χ1) is 10.2. The largest absolute Gasteiger partial charge is 0.383 e. The van der Waals surface area contributed by atoms with Crippen molar-refractivity contribution >= 4 is 22.3 Å². The van der Waals surface area contributed by atoms with E-state index in [-0.39, 0.29) is 5.69 Å². The minimum Gasteiger partial charge on any atom is -0.383 e. The first kappa shape index (κ1) is 13.1. The van der Waals surface area contributed by atoms with Crippen molar-refractivity contribution < 1.29 is 4.92 Å². The number of nitrogens with one attached hydrogen (secondary N) is 1. The Morgan fingerprint density at radius 1 is 1.10 bits per heavy atom. The molecule has 21 heavy (non-hydrogen) atoms. The molecule has 0 amide bonds. The van der Waals surface area contributed by atoms with Crippen LogP contribution in [0.5, 0.6) is 0 Å². The van der Waals surface area contributed by atoms with Gasteiger partial charge in [0.1, 0.15) is 5.69 Å². The lowest BCUT2D eigenvalue weighted by Crippen LogP contribution is -1.97. The Morgan fingerprint density at radius 2 is 1.90 bits per heavy atom.